The van der Waals surface area contributed by atoms with Crippen LogP contribution in [0.15, 0.2) is 30.3 Å². The van der Waals surface area contributed by atoms with Crippen LogP contribution in [-0.4, -0.2) is 24.6 Å². The highest BCUT2D eigenvalue weighted by Crippen LogP contribution is 2.35. The van der Waals surface area contributed by atoms with Gasteiger partial charge in [-0.25, -0.2) is 4.79 Å². The third-order valence-electron chi connectivity index (χ3n) is 2.53. The standard InChI is InChI=1S/C13H11NO4S/c1-18-9-4-2-8(3-5-9)11-6-10(13(16)17)12(19-11)14-7-15/h2-7H,1H3,(H,14,15)(H,16,17). The predicted molar refractivity (Wildman–Crippen MR) is 73.0 cm³/mol. The highest BCUT2D eigenvalue weighted by atomic mass is 32.1. The van der Waals surface area contributed by atoms with E-state index in [4.69, 9.17) is 9.84 Å². The molecule has 0 aliphatic carbocycles. The number of carbonyl (C=O) groups excluding carboxylic acids is 1. The first-order chi connectivity index (χ1) is 9.15. The molecule has 1 aromatic heterocycles. The van der Waals surface area contributed by atoms with E-state index in [2.05, 4.69) is 5.32 Å². The molecule has 0 bridgehead atoms. The number of aromatic carboxylic acids is 1. The first-order valence-corrected chi connectivity index (χ1v) is 6.19. The number of anilines is 1. The highest BCUT2D eigenvalue weighted by Gasteiger charge is 2.15. The molecule has 6 heteroatoms. The molecule has 19 heavy (non-hydrogen) atoms. The van der Waals surface area contributed by atoms with Crippen molar-refractivity contribution < 1.29 is 19.4 Å². The van der Waals surface area contributed by atoms with Gasteiger partial charge in [0.2, 0.25) is 6.41 Å². The fraction of sp³-hybridized carbons (Fsp3) is 0.0769. The van der Waals surface area contributed by atoms with E-state index in [1.807, 2.05) is 12.1 Å². The zero-order chi connectivity index (χ0) is 13.8. The zero-order valence-electron chi connectivity index (χ0n) is 10.0. The largest absolute Gasteiger partial charge is 0.497 e. The van der Waals surface area contributed by atoms with Gasteiger partial charge in [-0.3, -0.25) is 4.79 Å². The number of carbonyl (C=O) groups is 2. The SMILES string of the molecule is COc1ccc(-c2cc(C(=O)O)c(NC=O)s2)cc1. The average molecular weight is 277 g/mol. The quantitative estimate of drug-likeness (QED) is 0.824. The molecule has 2 aromatic rings. The maximum Gasteiger partial charge on any atom is 0.338 e. The van der Waals surface area contributed by atoms with Gasteiger partial charge in [0, 0.05) is 4.88 Å². The summed E-state index contributed by atoms with van der Waals surface area (Å²) in [6.45, 7) is 0. The molecule has 0 atom stereocenters. The fourth-order valence-corrected chi connectivity index (χ4v) is 2.62. The lowest BCUT2D eigenvalue weighted by molar-refractivity contribution is -0.105. The number of methoxy groups -OCH3 is 1. The Kier molecular flexibility index (Phi) is 3.82. The van der Waals surface area contributed by atoms with E-state index < -0.39 is 5.97 Å². The molecule has 0 aliphatic heterocycles. The first kappa shape index (κ1) is 13.1. The Morgan fingerprint density at radius 3 is 2.58 bits per heavy atom. The Morgan fingerprint density at radius 2 is 2.05 bits per heavy atom. The molecule has 0 aliphatic rings. The van der Waals surface area contributed by atoms with Crippen molar-refractivity contribution in [2.24, 2.45) is 0 Å². The number of hydrogen-bond donors (Lipinski definition) is 2. The highest BCUT2D eigenvalue weighted by molar-refractivity contribution is 7.20. The molecule has 0 saturated heterocycles. The number of benzene rings is 1. The van der Waals surface area contributed by atoms with Gasteiger partial charge in [0.1, 0.15) is 10.8 Å². The number of amides is 1. The van der Waals surface area contributed by atoms with E-state index >= 15 is 0 Å². The van der Waals surface area contributed by atoms with Crippen LogP contribution >= 0.6 is 11.3 Å². The molecule has 1 heterocycles. The summed E-state index contributed by atoms with van der Waals surface area (Å²) in [5, 5.41) is 11.8. The van der Waals surface area contributed by atoms with E-state index in [1.165, 1.54) is 11.3 Å². The van der Waals surface area contributed by atoms with Crippen LogP contribution in [0.2, 0.25) is 0 Å². The molecule has 0 unspecified atom stereocenters. The van der Waals surface area contributed by atoms with Crippen molar-refractivity contribution in [2.45, 2.75) is 0 Å². The first-order valence-electron chi connectivity index (χ1n) is 5.37. The smallest absolute Gasteiger partial charge is 0.338 e. The third kappa shape index (κ3) is 2.74. The zero-order valence-corrected chi connectivity index (χ0v) is 10.9. The predicted octanol–water partition coefficient (Wildman–Crippen LogP) is 2.69. The topological polar surface area (TPSA) is 75.6 Å². The lowest BCUT2D eigenvalue weighted by atomic mass is 10.1. The third-order valence-corrected chi connectivity index (χ3v) is 3.64. The maximum atomic E-state index is 11.1. The molecule has 2 rings (SSSR count). The Balaban J connectivity index is 2.41. The van der Waals surface area contributed by atoms with E-state index in [9.17, 15) is 9.59 Å². The molecule has 1 amide bonds. The van der Waals surface area contributed by atoms with Crippen molar-refractivity contribution in [1.82, 2.24) is 0 Å². The van der Waals surface area contributed by atoms with Crippen LogP contribution in [-0.2, 0) is 4.79 Å². The number of thiophene rings is 1. The molecule has 0 spiro atoms. The van der Waals surface area contributed by atoms with Crippen LogP contribution in [0, 0.1) is 0 Å². The number of ether oxygens (including phenoxy) is 1. The average Bonchev–Trinajstić information content (AvgIpc) is 2.83. The summed E-state index contributed by atoms with van der Waals surface area (Å²) in [7, 11) is 1.58. The van der Waals surface area contributed by atoms with Crippen molar-refractivity contribution in [1.29, 1.82) is 0 Å². The van der Waals surface area contributed by atoms with Gasteiger partial charge in [-0.05, 0) is 35.9 Å². The van der Waals surface area contributed by atoms with Gasteiger partial charge < -0.3 is 15.2 Å². The lowest BCUT2D eigenvalue weighted by Crippen LogP contribution is -2.00. The van der Waals surface area contributed by atoms with Crippen LogP contribution in [0.4, 0.5) is 5.00 Å². The summed E-state index contributed by atoms with van der Waals surface area (Å²) in [5.74, 6) is -0.342. The van der Waals surface area contributed by atoms with Crippen molar-refractivity contribution in [2.75, 3.05) is 12.4 Å². The Labute approximate surface area is 113 Å². The second-order valence-corrected chi connectivity index (χ2v) is 4.70. The summed E-state index contributed by atoms with van der Waals surface area (Å²) < 4.78 is 5.06. The van der Waals surface area contributed by atoms with Crippen LogP contribution in [0.25, 0.3) is 10.4 Å². The Hall–Kier alpha value is -2.34. The van der Waals surface area contributed by atoms with E-state index in [0.29, 0.717) is 11.4 Å². The van der Waals surface area contributed by atoms with Gasteiger partial charge in [0.05, 0.1) is 12.7 Å². The number of carboxylic acids is 1. The molecule has 2 N–H and O–H groups in total. The van der Waals surface area contributed by atoms with Crippen LogP contribution in [0.1, 0.15) is 10.4 Å². The molecule has 5 nitrogen and oxygen atoms in total. The van der Waals surface area contributed by atoms with Crippen LogP contribution in [0.3, 0.4) is 0 Å². The summed E-state index contributed by atoms with van der Waals surface area (Å²) in [5.41, 5.74) is 0.954. The second-order valence-electron chi connectivity index (χ2n) is 3.65. The molecular formula is C13H11NO4S. The number of rotatable bonds is 5. The van der Waals surface area contributed by atoms with Crippen molar-refractivity contribution in [3.8, 4) is 16.2 Å². The molecule has 0 radical (unpaired) electrons. The molecule has 98 valence electrons. The minimum Gasteiger partial charge on any atom is -0.497 e. The number of nitrogens with one attached hydrogen (secondary N) is 1. The normalized spacial score (nSPS) is 9.95. The van der Waals surface area contributed by atoms with E-state index in [0.717, 1.165) is 16.2 Å². The summed E-state index contributed by atoms with van der Waals surface area (Å²) in [6, 6.07) is 8.80. The van der Waals surface area contributed by atoms with Crippen molar-refractivity contribution in [3.63, 3.8) is 0 Å². The van der Waals surface area contributed by atoms with Gasteiger partial charge >= 0.3 is 5.97 Å². The molecule has 0 fully saturated rings. The lowest BCUT2D eigenvalue weighted by Gasteiger charge is -2.00. The Bertz CT molecular complexity index is 604. The van der Waals surface area contributed by atoms with E-state index in [1.54, 1.807) is 25.3 Å². The molecule has 1 aromatic carbocycles. The van der Waals surface area contributed by atoms with Gasteiger partial charge in [-0.1, -0.05) is 0 Å². The Morgan fingerprint density at radius 1 is 1.37 bits per heavy atom. The molecule has 0 saturated carbocycles. The summed E-state index contributed by atoms with van der Waals surface area (Å²) in [6.07, 6.45) is 0.468. The van der Waals surface area contributed by atoms with Crippen molar-refractivity contribution in [3.05, 3.63) is 35.9 Å². The monoisotopic (exact) mass is 277 g/mol. The number of hydrogen-bond acceptors (Lipinski definition) is 4. The van der Waals surface area contributed by atoms with E-state index in [-0.39, 0.29) is 5.56 Å². The van der Waals surface area contributed by atoms with Crippen molar-refractivity contribution >= 4 is 28.7 Å². The second kappa shape index (κ2) is 5.53. The van der Waals surface area contributed by atoms with Gasteiger partial charge in [-0.15, -0.1) is 11.3 Å². The minimum absolute atomic E-state index is 0.0860. The fourth-order valence-electron chi connectivity index (χ4n) is 1.61. The van der Waals surface area contributed by atoms with Gasteiger partial charge in [-0.2, -0.15) is 0 Å². The summed E-state index contributed by atoms with van der Waals surface area (Å²) in [4.78, 5) is 22.3. The van der Waals surface area contributed by atoms with Crippen LogP contribution in [0.5, 0.6) is 5.75 Å². The molecular weight excluding hydrogens is 266 g/mol. The maximum absolute atomic E-state index is 11.1. The number of carboxylic acid groups (broad SMARTS) is 1. The van der Waals surface area contributed by atoms with Gasteiger partial charge in [0.25, 0.3) is 0 Å². The summed E-state index contributed by atoms with van der Waals surface area (Å²) >= 11 is 1.21. The van der Waals surface area contributed by atoms with Crippen LogP contribution < -0.4 is 10.1 Å². The van der Waals surface area contributed by atoms with Gasteiger partial charge in [0.15, 0.2) is 0 Å². The minimum atomic E-state index is -1.07.